The van der Waals surface area contributed by atoms with Crippen molar-refractivity contribution in [1.82, 2.24) is 5.32 Å². The zero-order chi connectivity index (χ0) is 11.3. The van der Waals surface area contributed by atoms with Gasteiger partial charge < -0.3 is 10.1 Å². The number of hydrogen-bond acceptors (Lipinski definition) is 2. The van der Waals surface area contributed by atoms with Crippen molar-refractivity contribution in [2.24, 2.45) is 11.8 Å². The van der Waals surface area contributed by atoms with E-state index in [9.17, 15) is 0 Å². The lowest BCUT2D eigenvalue weighted by atomic mass is 9.77. The summed E-state index contributed by atoms with van der Waals surface area (Å²) in [6, 6.07) is 0.719. The standard InChI is InChI=1S/C13H27NO/c1-10(2)15-8-7-12-9-11(3)5-6-13(12)14-4/h10-14H,5-9H2,1-4H3. The van der Waals surface area contributed by atoms with Crippen molar-refractivity contribution in [1.29, 1.82) is 0 Å². The molecular formula is C13H27NO. The first-order valence-electron chi connectivity index (χ1n) is 6.42. The predicted octanol–water partition coefficient (Wildman–Crippen LogP) is 2.83. The van der Waals surface area contributed by atoms with E-state index in [0.717, 1.165) is 24.5 Å². The van der Waals surface area contributed by atoms with Crippen molar-refractivity contribution in [3.8, 4) is 0 Å². The van der Waals surface area contributed by atoms with Crippen LogP contribution in [0.15, 0.2) is 0 Å². The molecule has 90 valence electrons. The molecule has 0 heterocycles. The normalized spacial score (nSPS) is 32.2. The molecule has 2 heteroatoms. The highest BCUT2D eigenvalue weighted by Crippen LogP contribution is 2.31. The van der Waals surface area contributed by atoms with Gasteiger partial charge in [0.15, 0.2) is 0 Å². The fraction of sp³-hybridized carbons (Fsp3) is 1.00. The highest BCUT2D eigenvalue weighted by molar-refractivity contribution is 4.82. The number of ether oxygens (including phenoxy) is 1. The molecule has 0 aromatic carbocycles. The molecule has 0 saturated heterocycles. The van der Waals surface area contributed by atoms with Gasteiger partial charge >= 0.3 is 0 Å². The van der Waals surface area contributed by atoms with Crippen LogP contribution >= 0.6 is 0 Å². The third-order valence-corrected chi connectivity index (χ3v) is 3.56. The molecule has 0 aromatic rings. The molecule has 1 saturated carbocycles. The summed E-state index contributed by atoms with van der Waals surface area (Å²) in [5.41, 5.74) is 0. The van der Waals surface area contributed by atoms with Gasteiger partial charge in [-0.3, -0.25) is 0 Å². The van der Waals surface area contributed by atoms with E-state index >= 15 is 0 Å². The maximum Gasteiger partial charge on any atom is 0.0518 e. The van der Waals surface area contributed by atoms with Crippen LogP contribution < -0.4 is 5.32 Å². The Labute approximate surface area is 94.8 Å². The van der Waals surface area contributed by atoms with E-state index < -0.39 is 0 Å². The monoisotopic (exact) mass is 213 g/mol. The second-order valence-corrected chi connectivity index (χ2v) is 5.28. The lowest BCUT2D eigenvalue weighted by Crippen LogP contribution is -2.38. The van der Waals surface area contributed by atoms with Crippen molar-refractivity contribution >= 4 is 0 Å². The maximum absolute atomic E-state index is 5.64. The zero-order valence-electron chi connectivity index (χ0n) is 10.8. The van der Waals surface area contributed by atoms with Gasteiger partial charge in [-0.1, -0.05) is 6.92 Å². The highest BCUT2D eigenvalue weighted by atomic mass is 16.5. The van der Waals surface area contributed by atoms with Crippen molar-refractivity contribution in [2.75, 3.05) is 13.7 Å². The Morgan fingerprint density at radius 2 is 2.07 bits per heavy atom. The van der Waals surface area contributed by atoms with E-state index in [1.54, 1.807) is 0 Å². The van der Waals surface area contributed by atoms with Crippen LogP contribution in [0.1, 0.15) is 46.5 Å². The smallest absolute Gasteiger partial charge is 0.0518 e. The maximum atomic E-state index is 5.64. The first-order chi connectivity index (χ1) is 7.13. The molecule has 15 heavy (non-hydrogen) atoms. The number of nitrogens with one attached hydrogen (secondary N) is 1. The number of rotatable bonds is 5. The van der Waals surface area contributed by atoms with Gasteiger partial charge in [0.1, 0.15) is 0 Å². The topological polar surface area (TPSA) is 21.3 Å². The van der Waals surface area contributed by atoms with Crippen LogP contribution in [0.4, 0.5) is 0 Å². The van der Waals surface area contributed by atoms with E-state index in [1.807, 2.05) is 0 Å². The fourth-order valence-corrected chi connectivity index (χ4v) is 2.65. The van der Waals surface area contributed by atoms with Gasteiger partial charge in [0, 0.05) is 12.6 Å². The molecule has 1 aliphatic carbocycles. The number of hydrogen-bond donors (Lipinski definition) is 1. The molecule has 1 aliphatic rings. The lowest BCUT2D eigenvalue weighted by molar-refractivity contribution is 0.0570. The van der Waals surface area contributed by atoms with Crippen molar-refractivity contribution in [3.05, 3.63) is 0 Å². The largest absolute Gasteiger partial charge is 0.379 e. The minimum atomic E-state index is 0.374. The highest BCUT2D eigenvalue weighted by Gasteiger charge is 2.27. The summed E-state index contributed by atoms with van der Waals surface area (Å²) in [6.45, 7) is 7.52. The summed E-state index contributed by atoms with van der Waals surface area (Å²) < 4.78 is 5.64. The Morgan fingerprint density at radius 3 is 2.67 bits per heavy atom. The molecule has 0 spiro atoms. The van der Waals surface area contributed by atoms with Gasteiger partial charge in [-0.25, -0.2) is 0 Å². The quantitative estimate of drug-likeness (QED) is 0.758. The SMILES string of the molecule is CNC1CCC(C)CC1CCOC(C)C. The first kappa shape index (κ1) is 13.0. The van der Waals surface area contributed by atoms with Crippen LogP contribution in [0.25, 0.3) is 0 Å². The van der Waals surface area contributed by atoms with Gasteiger partial charge in [-0.15, -0.1) is 0 Å². The Morgan fingerprint density at radius 1 is 1.33 bits per heavy atom. The summed E-state index contributed by atoms with van der Waals surface area (Å²) in [5, 5.41) is 3.46. The summed E-state index contributed by atoms with van der Waals surface area (Å²) >= 11 is 0. The lowest BCUT2D eigenvalue weighted by Gasteiger charge is -2.34. The van der Waals surface area contributed by atoms with Gasteiger partial charge in [0.2, 0.25) is 0 Å². The molecule has 0 aliphatic heterocycles. The molecule has 1 fully saturated rings. The summed E-state index contributed by atoms with van der Waals surface area (Å²) in [5.74, 6) is 1.72. The Bertz CT molecular complexity index is 170. The van der Waals surface area contributed by atoms with E-state index in [2.05, 4.69) is 33.1 Å². The first-order valence-corrected chi connectivity index (χ1v) is 6.42. The molecule has 3 atom stereocenters. The average molecular weight is 213 g/mol. The zero-order valence-corrected chi connectivity index (χ0v) is 10.8. The summed E-state index contributed by atoms with van der Waals surface area (Å²) in [7, 11) is 2.09. The summed E-state index contributed by atoms with van der Waals surface area (Å²) in [6.07, 6.45) is 5.68. The van der Waals surface area contributed by atoms with Crippen LogP contribution in [0, 0.1) is 11.8 Å². The second kappa shape index (κ2) is 6.49. The van der Waals surface area contributed by atoms with Crippen molar-refractivity contribution < 1.29 is 4.74 Å². The molecule has 0 aromatic heterocycles. The van der Waals surface area contributed by atoms with E-state index in [1.165, 1.54) is 25.7 Å². The molecule has 3 unspecified atom stereocenters. The molecule has 0 amide bonds. The van der Waals surface area contributed by atoms with Crippen LogP contribution in [0.2, 0.25) is 0 Å². The van der Waals surface area contributed by atoms with Crippen molar-refractivity contribution in [3.63, 3.8) is 0 Å². The second-order valence-electron chi connectivity index (χ2n) is 5.28. The third-order valence-electron chi connectivity index (χ3n) is 3.56. The fourth-order valence-electron chi connectivity index (χ4n) is 2.65. The van der Waals surface area contributed by atoms with Crippen LogP contribution in [-0.4, -0.2) is 25.8 Å². The third kappa shape index (κ3) is 4.52. The molecule has 1 rings (SSSR count). The van der Waals surface area contributed by atoms with E-state index in [-0.39, 0.29) is 0 Å². The Balaban J connectivity index is 2.28. The molecule has 0 bridgehead atoms. The van der Waals surface area contributed by atoms with Gasteiger partial charge in [0.25, 0.3) is 0 Å². The van der Waals surface area contributed by atoms with E-state index in [4.69, 9.17) is 4.74 Å². The Hall–Kier alpha value is -0.0800. The molecule has 0 radical (unpaired) electrons. The van der Waals surface area contributed by atoms with Crippen LogP contribution in [0.5, 0.6) is 0 Å². The minimum Gasteiger partial charge on any atom is -0.379 e. The van der Waals surface area contributed by atoms with Gasteiger partial charge in [0.05, 0.1) is 6.10 Å². The van der Waals surface area contributed by atoms with E-state index in [0.29, 0.717) is 6.10 Å². The average Bonchev–Trinajstić information content (AvgIpc) is 2.17. The summed E-state index contributed by atoms with van der Waals surface area (Å²) in [4.78, 5) is 0. The van der Waals surface area contributed by atoms with Gasteiger partial charge in [-0.05, 0) is 58.4 Å². The van der Waals surface area contributed by atoms with Crippen molar-refractivity contribution in [2.45, 2.75) is 58.6 Å². The van der Waals surface area contributed by atoms with Gasteiger partial charge in [-0.2, -0.15) is 0 Å². The molecular weight excluding hydrogens is 186 g/mol. The minimum absolute atomic E-state index is 0.374. The molecule has 1 N–H and O–H groups in total. The Kier molecular flexibility index (Phi) is 5.62. The molecule has 2 nitrogen and oxygen atoms in total. The van der Waals surface area contributed by atoms with Crippen LogP contribution in [-0.2, 0) is 4.74 Å². The van der Waals surface area contributed by atoms with Crippen LogP contribution in [0.3, 0.4) is 0 Å². The predicted molar refractivity (Wildman–Crippen MR) is 65.1 cm³/mol.